The number of hydrogen-bond donors (Lipinski definition) is 2. The first kappa shape index (κ1) is 25.9. The van der Waals surface area contributed by atoms with Gasteiger partial charge in [-0.25, -0.2) is 4.79 Å². The summed E-state index contributed by atoms with van der Waals surface area (Å²) in [6.07, 6.45) is 1.31. The Morgan fingerprint density at radius 3 is 2.55 bits per heavy atom. The van der Waals surface area contributed by atoms with Gasteiger partial charge in [-0.15, -0.1) is 11.3 Å². The second-order valence-corrected chi connectivity index (χ2v) is 8.73. The average Bonchev–Trinajstić information content (AvgIpc) is 3.09. The van der Waals surface area contributed by atoms with Crippen LogP contribution in [0, 0.1) is 18.3 Å². The number of phenols is 1. The largest absolute Gasteiger partial charge is 0.503 e. The monoisotopic (exact) mass is 535 g/mol. The number of halogens is 1. The Morgan fingerprint density at radius 1 is 1.33 bits per heavy atom. The molecule has 2 N–H and O–H groups in total. The number of carbonyl (C=O) groups excluding carboxylic acids is 3. The first-order valence-corrected chi connectivity index (χ1v) is 11.2. The summed E-state index contributed by atoms with van der Waals surface area (Å²) < 4.78 is 10.5. The van der Waals surface area contributed by atoms with Gasteiger partial charge in [0.25, 0.3) is 11.8 Å². The van der Waals surface area contributed by atoms with Gasteiger partial charge in [0.15, 0.2) is 11.5 Å². The molecule has 0 atom stereocenters. The van der Waals surface area contributed by atoms with Crippen molar-refractivity contribution in [3.63, 3.8) is 0 Å². The van der Waals surface area contributed by atoms with Crippen molar-refractivity contribution >= 4 is 56.1 Å². The number of nitriles is 1. The van der Waals surface area contributed by atoms with E-state index in [0.29, 0.717) is 22.2 Å². The average molecular weight is 536 g/mol. The summed E-state index contributed by atoms with van der Waals surface area (Å²) in [5, 5.41) is 22.3. The van der Waals surface area contributed by atoms with E-state index in [2.05, 4.69) is 21.2 Å². The molecule has 0 fully saturated rings. The standard InChI is InChI=1S/C22H22BrN3O6S/c1-6-32-15-9-12(8-14(23)17(15)27)7-13(10-24)19(28)25-20-16(22(30)31-5)11(2)18(33-20)21(29)26(3)4/h7-9,27H,6H2,1-5H3,(H,25,28)/b13-7+. The summed E-state index contributed by atoms with van der Waals surface area (Å²) in [6.45, 7) is 3.64. The van der Waals surface area contributed by atoms with E-state index in [0.717, 1.165) is 11.3 Å². The summed E-state index contributed by atoms with van der Waals surface area (Å²) >= 11 is 4.13. The number of amides is 2. The number of phenolic OH excluding ortho intramolecular Hbond substituents is 1. The molecular weight excluding hydrogens is 514 g/mol. The first-order chi connectivity index (χ1) is 15.5. The molecule has 11 heteroatoms. The van der Waals surface area contributed by atoms with E-state index in [1.54, 1.807) is 27.9 Å². The molecule has 0 unspecified atom stereocenters. The Balaban J connectivity index is 2.48. The molecule has 9 nitrogen and oxygen atoms in total. The highest BCUT2D eigenvalue weighted by Gasteiger charge is 2.27. The van der Waals surface area contributed by atoms with Crippen LogP contribution in [0.25, 0.3) is 6.08 Å². The van der Waals surface area contributed by atoms with Crippen LogP contribution in [-0.2, 0) is 9.53 Å². The van der Waals surface area contributed by atoms with Crippen LogP contribution in [0.5, 0.6) is 11.5 Å². The molecule has 0 radical (unpaired) electrons. The molecular formula is C22H22BrN3O6S. The minimum Gasteiger partial charge on any atom is -0.503 e. The lowest BCUT2D eigenvalue weighted by Crippen LogP contribution is -2.21. The molecule has 0 saturated heterocycles. The van der Waals surface area contributed by atoms with Crippen molar-refractivity contribution in [3.05, 3.63) is 43.7 Å². The van der Waals surface area contributed by atoms with Gasteiger partial charge in [0, 0.05) is 14.1 Å². The number of carbonyl (C=O) groups is 3. The van der Waals surface area contributed by atoms with Crippen molar-refractivity contribution in [3.8, 4) is 17.6 Å². The second kappa shape index (κ2) is 11.0. The smallest absolute Gasteiger partial charge is 0.341 e. The zero-order valence-corrected chi connectivity index (χ0v) is 21.0. The van der Waals surface area contributed by atoms with Gasteiger partial charge < -0.3 is 24.8 Å². The Labute approximate surface area is 203 Å². The molecule has 0 aliphatic carbocycles. The van der Waals surface area contributed by atoms with E-state index < -0.39 is 11.9 Å². The van der Waals surface area contributed by atoms with Gasteiger partial charge in [0.1, 0.15) is 16.6 Å². The fourth-order valence-electron chi connectivity index (χ4n) is 2.78. The molecule has 0 aliphatic rings. The molecule has 33 heavy (non-hydrogen) atoms. The lowest BCUT2D eigenvalue weighted by molar-refractivity contribution is -0.112. The number of nitrogens with zero attached hydrogens (tertiary/aromatic N) is 2. The van der Waals surface area contributed by atoms with Crippen LogP contribution in [0.2, 0.25) is 0 Å². The molecule has 2 aromatic rings. The molecule has 1 aromatic carbocycles. The van der Waals surface area contributed by atoms with Gasteiger partial charge in [-0.05, 0) is 59.1 Å². The second-order valence-electron chi connectivity index (χ2n) is 6.86. The minimum absolute atomic E-state index is 0.0457. The topological polar surface area (TPSA) is 129 Å². The van der Waals surface area contributed by atoms with Crippen LogP contribution in [0.15, 0.2) is 22.2 Å². The fourth-order valence-corrected chi connectivity index (χ4v) is 4.46. The highest BCUT2D eigenvalue weighted by molar-refractivity contribution is 9.10. The van der Waals surface area contributed by atoms with Crippen molar-refractivity contribution in [2.75, 3.05) is 33.1 Å². The minimum atomic E-state index is -0.782. The number of methoxy groups -OCH3 is 1. The summed E-state index contributed by atoms with van der Waals surface area (Å²) in [4.78, 5) is 39.3. The van der Waals surface area contributed by atoms with Crippen molar-refractivity contribution < 1.29 is 29.0 Å². The highest BCUT2D eigenvalue weighted by Crippen LogP contribution is 2.37. The van der Waals surface area contributed by atoms with Crippen molar-refractivity contribution in [1.29, 1.82) is 5.26 Å². The van der Waals surface area contributed by atoms with Gasteiger partial charge in [-0.2, -0.15) is 5.26 Å². The lowest BCUT2D eigenvalue weighted by Gasteiger charge is -2.09. The Kier molecular flexibility index (Phi) is 8.62. The number of benzene rings is 1. The zero-order valence-electron chi connectivity index (χ0n) is 18.6. The van der Waals surface area contributed by atoms with E-state index in [9.17, 15) is 24.8 Å². The molecule has 2 rings (SSSR count). The third-order valence-corrected chi connectivity index (χ3v) is 6.19. The number of esters is 1. The normalized spacial score (nSPS) is 10.9. The van der Waals surface area contributed by atoms with Gasteiger partial charge in [-0.1, -0.05) is 0 Å². The summed E-state index contributed by atoms with van der Waals surface area (Å²) in [5.74, 6) is -1.76. The summed E-state index contributed by atoms with van der Waals surface area (Å²) in [5.41, 5.74) is 0.572. The molecule has 0 bridgehead atoms. The molecule has 0 aliphatic heterocycles. The summed E-state index contributed by atoms with van der Waals surface area (Å²) in [6, 6.07) is 4.83. The summed E-state index contributed by atoms with van der Waals surface area (Å²) in [7, 11) is 4.33. The van der Waals surface area contributed by atoms with E-state index >= 15 is 0 Å². The van der Waals surface area contributed by atoms with Gasteiger partial charge in [0.2, 0.25) is 0 Å². The maximum absolute atomic E-state index is 12.9. The van der Waals surface area contributed by atoms with Crippen LogP contribution in [0.4, 0.5) is 5.00 Å². The van der Waals surface area contributed by atoms with E-state index in [1.807, 2.05) is 6.07 Å². The Morgan fingerprint density at radius 2 is 2.00 bits per heavy atom. The van der Waals surface area contributed by atoms with E-state index in [4.69, 9.17) is 9.47 Å². The lowest BCUT2D eigenvalue weighted by atomic mass is 10.1. The van der Waals surface area contributed by atoms with E-state index in [-0.39, 0.29) is 38.4 Å². The number of anilines is 1. The molecule has 1 heterocycles. The highest BCUT2D eigenvalue weighted by atomic mass is 79.9. The first-order valence-electron chi connectivity index (χ1n) is 9.57. The molecule has 2 amide bonds. The number of rotatable bonds is 7. The van der Waals surface area contributed by atoms with Crippen molar-refractivity contribution in [2.45, 2.75) is 13.8 Å². The quantitative estimate of drug-likeness (QED) is 0.311. The SMILES string of the molecule is CCOc1cc(/C=C(\C#N)C(=O)Nc2sc(C(=O)N(C)C)c(C)c2C(=O)OC)cc(Br)c1O. The van der Waals surface area contributed by atoms with Gasteiger partial charge >= 0.3 is 5.97 Å². The van der Waals surface area contributed by atoms with Crippen molar-refractivity contribution in [2.24, 2.45) is 0 Å². The maximum atomic E-state index is 12.9. The predicted molar refractivity (Wildman–Crippen MR) is 128 cm³/mol. The Hall–Kier alpha value is -3.36. The van der Waals surface area contributed by atoms with Crippen molar-refractivity contribution in [1.82, 2.24) is 4.90 Å². The third-order valence-electron chi connectivity index (χ3n) is 4.39. The van der Waals surface area contributed by atoms with Crippen LogP contribution >= 0.6 is 27.3 Å². The molecule has 0 spiro atoms. The Bertz CT molecular complexity index is 1180. The number of ether oxygens (including phenoxy) is 2. The molecule has 1 aromatic heterocycles. The van der Waals surface area contributed by atoms with Crippen LogP contribution in [0.3, 0.4) is 0 Å². The van der Waals surface area contributed by atoms with Crippen LogP contribution < -0.4 is 10.1 Å². The van der Waals surface area contributed by atoms with Gasteiger partial charge in [-0.3, -0.25) is 9.59 Å². The van der Waals surface area contributed by atoms with Crippen LogP contribution in [-0.4, -0.2) is 55.6 Å². The fraction of sp³-hybridized carbons (Fsp3) is 0.273. The molecule has 0 saturated carbocycles. The van der Waals surface area contributed by atoms with Crippen LogP contribution in [0.1, 0.15) is 38.1 Å². The number of nitrogens with one attached hydrogen (secondary N) is 1. The predicted octanol–water partition coefficient (Wildman–Crippen LogP) is 3.96. The third kappa shape index (κ3) is 5.71. The van der Waals surface area contributed by atoms with E-state index in [1.165, 1.54) is 30.2 Å². The number of aromatic hydroxyl groups is 1. The maximum Gasteiger partial charge on any atom is 0.341 e. The van der Waals surface area contributed by atoms with Gasteiger partial charge in [0.05, 0.1) is 28.6 Å². The molecule has 174 valence electrons. The zero-order chi connectivity index (χ0) is 24.9. The number of hydrogen-bond acceptors (Lipinski definition) is 8. The number of thiophene rings is 1.